The average molecular weight is 227 g/mol. The van der Waals surface area contributed by atoms with Gasteiger partial charge in [-0.05, 0) is 43.2 Å². The fourth-order valence-electron chi connectivity index (χ4n) is 2.31. The predicted molar refractivity (Wildman–Crippen MR) is 74.7 cm³/mol. The summed E-state index contributed by atoms with van der Waals surface area (Å²) in [5, 5.41) is 3.62. The zero-order valence-corrected chi connectivity index (χ0v) is 12.3. The molecule has 0 aromatic heterocycles. The van der Waals surface area contributed by atoms with E-state index in [-0.39, 0.29) is 0 Å². The first kappa shape index (κ1) is 16.0. The molecule has 0 fully saturated rings. The lowest BCUT2D eigenvalue weighted by atomic mass is 9.85. The molecule has 1 heteroatoms. The van der Waals surface area contributed by atoms with Crippen LogP contribution in [0.5, 0.6) is 0 Å². The van der Waals surface area contributed by atoms with Gasteiger partial charge in [0.25, 0.3) is 0 Å². The Labute approximate surface area is 103 Å². The van der Waals surface area contributed by atoms with E-state index in [0.29, 0.717) is 0 Å². The van der Waals surface area contributed by atoms with Gasteiger partial charge >= 0.3 is 0 Å². The molecule has 0 aliphatic heterocycles. The first-order valence-electron chi connectivity index (χ1n) is 7.15. The second kappa shape index (κ2) is 9.04. The molecule has 98 valence electrons. The lowest BCUT2D eigenvalue weighted by molar-refractivity contribution is 0.275. The molecule has 0 radical (unpaired) electrons. The van der Waals surface area contributed by atoms with Crippen molar-refractivity contribution in [2.24, 2.45) is 23.7 Å². The van der Waals surface area contributed by atoms with Gasteiger partial charge in [0.2, 0.25) is 0 Å². The molecule has 0 aromatic carbocycles. The molecule has 0 saturated carbocycles. The summed E-state index contributed by atoms with van der Waals surface area (Å²) in [6.07, 6.45) is 4.08. The Balaban J connectivity index is 3.48. The van der Waals surface area contributed by atoms with Crippen molar-refractivity contribution in [3.8, 4) is 0 Å². The van der Waals surface area contributed by atoms with Gasteiger partial charge in [-0.25, -0.2) is 0 Å². The van der Waals surface area contributed by atoms with E-state index in [4.69, 9.17) is 0 Å². The number of nitrogens with one attached hydrogen (secondary N) is 1. The zero-order valence-electron chi connectivity index (χ0n) is 12.3. The molecule has 0 saturated heterocycles. The highest BCUT2D eigenvalue weighted by molar-refractivity contribution is 4.69. The molecule has 1 N–H and O–H groups in total. The normalized spacial score (nSPS) is 12.4. The first-order chi connectivity index (χ1) is 7.45. The molecule has 16 heavy (non-hydrogen) atoms. The van der Waals surface area contributed by atoms with Gasteiger partial charge in [-0.3, -0.25) is 0 Å². The SMILES string of the molecule is CC(C)CCCCNCC(C(C)C)C(C)C. The van der Waals surface area contributed by atoms with Crippen LogP contribution in [0.1, 0.15) is 60.8 Å². The molecule has 0 aliphatic rings. The van der Waals surface area contributed by atoms with Gasteiger partial charge < -0.3 is 5.32 Å². The third-order valence-corrected chi connectivity index (χ3v) is 3.48. The molecule has 0 aromatic rings. The van der Waals surface area contributed by atoms with Gasteiger partial charge in [0.1, 0.15) is 0 Å². The van der Waals surface area contributed by atoms with E-state index in [1.165, 1.54) is 32.4 Å². The third-order valence-electron chi connectivity index (χ3n) is 3.48. The molecule has 0 rings (SSSR count). The van der Waals surface area contributed by atoms with Crippen LogP contribution in [0.15, 0.2) is 0 Å². The van der Waals surface area contributed by atoms with Crippen molar-refractivity contribution in [2.75, 3.05) is 13.1 Å². The molecule has 0 aliphatic carbocycles. The van der Waals surface area contributed by atoms with Crippen LogP contribution in [0.25, 0.3) is 0 Å². The summed E-state index contributed by atoms with van der Waals surface area (Å²) in [7, 11) is 0. The molecule has 0 bridgehead atoms. The molecule has 0 heterocycles. The molecule has 0 unspecified atom stereocenters. The number of unbranched alkanes of at least 4 members (excludes halogenated alkanes) is 1. The molecule has 0 atom stereocenters. The van der Waals surface area contributed by atoms with Gasteiger partial charge in [0.05, 0.1) is 0 Å². The van der Waals surface area contributed by atoms with Gasteiger partial charge in [-0.15, -0.1) is 0 Å². The lowest BCUT2D eigenvalue weighted by Crippen LogP contribution is -2.30. The quantitative estimate of drug-likeness (QED) is 0.578. The highest BCUT2D eigenvalue weighted by Crippen LogP contribution is 2.19. The number of hydrogen-bond donors (Lipinski definition) is 1. The monoisotopic (exact) mass is 227 g/mol. The average Bonchev–Trinajstić information content (AvgIpc) is 2.14. The van der Waals surface area contributed by atoms with Crippen LogP contribution in [-0.2, 0) is 0 Å². The van der Waals surface area contributed by atoms with Crippen LogP contribution >= 0.6 is 0 Å². The number of hydrogen-bond acceptors (Lipinski definition) is 1. The Morgan fingerprint density at radius 3 is 1.81 bits per heavy atom. The summed E-state index contributed by atoms with van der Waals surface area (Å²) >= 11 is 0. The first-order valence-corrected chi connectivity index (χ1v) is 7.15. The second-order valence-electron chi connectivity index (χ2n) is 6.25. The number of rotatable bonds is 9. The molecule has 0 amide bonds. The molecular weight excluding hydrogens is 194 g/mol. The van der Waals surface area contributed by atoms with E-state index in [9.17, 15) is 0 Å². The standard InChI is InChI=1S/C15H33N/c1-12(2)9-7-8-10-16-11-15(13(3)4)14(5)6/h12-16H,7-11H2,1-6H3. The van der Waals surface area contributed by atoms with Crippen molar-refractivity contribution < 1.29 is 0 Å². The Hall–Kier alpha value is -0.0400. The van der Waals surface area contributed by atoms with E-state index >= 15 is 0 Å². The highest BCUT2D eigenvalue weighted by Gasteiger charge is 2.16. The predicted octanol–water partition coefficient (Wildman–Crippen LogP) is 4.33. The molecular formula is C15H33N. The second-order valence-corrected chi connectivity index (χ2v) is 6.25. The van der Waals surface area contributed by atoms with Crippen molar-refractivity contribution in [1.82, 2.24) is 5.32 Å². The Morgan fingerprint density at radius 1 is 0.812 bits per heavy atom. The summed E-state index contributed by atoms with van der Waals surface area (Å²) in [6.45, 7) is 16.4. The van der Waals surface area contributed by atoms with Crippen molar-refractivity contribution >= 4 is 0 Å². The highest BCUT2D eigenvalue weighted by atomic mass is 14.9. The maximum absolute atomic E-state index is 3.62. The summed E-state index contributed by atoms with van der Waals surface area (Å²) < 4.78 is 0. The lowest BCUT2D eigenvalue weighted by Gasteiger charge is -2.25. The minimum atomic E-state index is 0.795. The van der Waals surface area contributed by atoms with Crippen molar-refractivity contribution in [1.29, 1.82) is 0 Å². The zero-order chi connectivity index (χ0) is 12.6. The molecule has 1 nitrogen and oxygen atoms in total. The van der Waals surface area contributed by atoms with E-state index in [1.54, 1.807) is 0 Å². The summed E-state index contributed by atoms with van der Waals surface area (Å²) in [5.41, 5.74) is 0. The Kier molecular flexibility index (Phi) is 9.02. The van der Waals surface area contributed by atoms with Crippen LogP contribution in [0.4, 0.5) is 0 Å². The van der Waals surface area contributed by atoms with Crippen LogP contribution in [-0.4, -0.2) is 13.1 Å². The Morgan fingerprint density at radius 2 is 1.38 bits per heavy atom. The van der Waals surface area contributed by atoms with Gasteiger partial charge in [0, 0.05) is 0 Å². The van der Waals surface area contributed by atoms with Gasteiger partial charge in [-0.2, -0.15) is 0 Å². The smallest absolute Gasteiger partial charge is 0.00156 e. The van der Waals surface area contributed by atoms with Crippen molar-refractivity contribution in [3.63, 3.8) is 0 Å². The Bertz CT molecular complexity index is 142. The topological polar surface area (TPSA) is 12.0 Å². The van der Waals surface area contributed by atoms with Gasteiger partial charge in [0.15, 0.2) is 0 Å². The minimum Gasteiger partial charge on any atom is -0.316 e. The van der Waals surface area contributed by atoms with Crippen LogP contribution in [0.2, 0.25) is 0 Å². The minimum absolute atomic E-state index is 0.795. The van der Waals surface area contributed by atoms with Crippen LogP contribution < -0.4 is 5.32 Å². The maximum Gasteiger partial charge on any atom is -0.00156 e. The van der Waals surface area contributed by atoms with Crippen molar-refractivity contribution in [3.05, 3.63) is 0 Å². The molecule has 0 spiro atoms. The van der Waals surface area contributed by atoms with Crippen molar-refractivity contribution in [2.45, 2.75) is 60.8 Å². The largest absolute Gasteiger partial charge is 0.316 e. The summed E-state index contributed by atoms with van der Waals surface area (Å²) in [4.78, 5) is 0. The fraction of sp³-hybridized carbons (Fsp3) is 1.00. The van der Waals surface area contributed by atoms with E-state index in [2.05, 4.69) is 46.9 Å². The van der Waals surface area contributed by atoms with Gasteiger partial charge in [-0.1, -0.05) is 54.4 Å². The maximum atomic E-state index is 3.62. The summed E-state index contributed by atoms with van der Waals surface area (Å²) in [6, 6.07) is 0. The summed E-state index contributed by atoms with van der Waals surface area (Å²) in [5.74, 6) is 3.27. The van der Waals surface area contributed by atoms with E-state index < -0.39 is 0 Å². The van der Waals surface area contributed by atoms with E-state index in [1.807, 2.05) is 0 Å². The van der Waals surface area contributed by atoms with Crippen LogP contribution in [0.3, 0.4) is 0 Å². The van der Waals surface area contributed by atoms with E-state index in [0.717, 1.165) is 23.7 Å². The third kappa shape index (κ3) is 8.15. The fourth-order valence-corrected chi connectivity index (χ4v) is 2.31. The van der Waals surface area contributed by atoms with Crippen LogP contribution in [0, 0.1) is 23.7 Å².